The highest BCUT2D eigenvalue weighted by atomic mass is 32.2. The number of fused-ring (bicyclic) bond motifs is 2. The molecule has 7 nitrogen and oxygen atoms in total. The molecule has 0 saturated carbocycles. The maximum atomic E-state index is 12.1. The van der Waals surface area contributed by atoms with Crippen molar-refractivity contribution in [3.63, 3.8) is 0 Å². The van der Waals surface area contributed by atoms with Gasteiger partial charge in [-0.25, -0.2) is 0 Å². The van der Waals surface area contributed by atoms with Gasteiger partial charge in [0, 0.05) is 29.5 Å². The molecule has 0 bridgehead atoms. The number of carbonyl (C=O) groups excluding carboxylic acids is 1. The van der Waals surface area contributed by atoms with Crippen molar-refractivity contribution in [2.24, 2.45) is 0 Å². The molecule has 0 saturated heterocycles. The van der Waals surface area contributed by atoms with Crippen LogP contribution >= 0.6 is 0 Å². The first-order valence-corrected chi connectivity index (χ1v) is 12.7. The summed E-state index contributed by atoms with van der Waals surface area (Å²) in [6, 6.07) is 20.5. The van der Waals surface area contributed by atoms with Gasteiger partial charge in [0.25, 0.3) is 10.1 Å². The number of carboxylic acids is 1. The van der Waals surface area contributed by atoms with Crippen LogP contribution in [0.4, 0.5) is 0 Å². The SMILES string of the molecule is COc1ccc(C=Cc2cc(C(=O)[O-])c3cc4ccccc4[n+](CCCCS(=O)(=O)O)c3c2)cc1. The van der Waals surface area contributed by atoms with E-state index >= 15 is 0 Å². The van der Waals surface area contributed by atoms with E-state index in [1.54, 1.807) is 13.2 Å². The Morgan fingerprint density at radius 1 is 0.971 bits per heavy atom. The molecule has 1 N–H and O–H groups in total. The van der Waals surface area contributed by atoms with E-state index in [9.17, 15) is 18.3 Å². The van der Waals surface area contributed by atoms with Gasteiger partial charge in [-0.15, -0.1) is 0 Å². The van der Waals surface area contributed by atoms with Gasteiger partial charge >= 0.3 is 0 Å². The van der Waals surface area contributed by atoms with Crippen molar-refractivity contribution in [3.8, 4) is 5.75 Å². The van der Waals surface area contributed by atoms with Crippen LogP contribution in [0.15, 0.2) is 66.7 Å². The Labute approximate surface area is 203 Å². The van der Waals surface area contributed by atoms with Crippen LogP contribution in [-0.4, -0.2) is 31.8 Å². The number of carboxylic acid groups (broad SMARTS) is 1. The van der Waals surface area contributed by atoms with Crippen molar-refractivity contribution in [3.05, 3.63) is 83.4 Å². The van der Waals surface area contributed by atoms with Crippen LogP contribution < -0.4 is 14.4 Å². The number of aromatic nitrogens is 1. The Morgan fingerprint density at radius 3 is 2.37 bits per heavy atom. The number of rotatable bonds is 9. The van der Waals surface area contributed by atoms with Crippen molar-refractivity contribution in [2.75, 3.05) is 12.9 Å². The third-order valence-electron chi connectivity index (χ3n) is 5.84. The molecule has 1 aromatic heterocycles. The average Bonchev–Trinajstić information content (AvgIpc) is 2.84. The zero-order valence-electron chi connectivity index (χ0n) is 19.2. The molecule has 0 aliphatic heterocycles. The van der Waals surface area contributed by atoms with Crippen LogP contribution in [0.1, 0.15) is 34.3 Å². The number of benzene rings is 3. The molecule has 4 aromatic rings. The second kappa shape index (κ2) is 10.2. The quantitative estimate of drug-likeness (QED) is 0.126. The van der Waals surface area contributed by atoms with Crippen molar-refractivity contribution >= 4 is 50.0 Å². The topological polar surface area (TPSA) is 108 Å². The highest BCUT2D eigenvalue weighted by Crippen LogP contribution is 2.25. The van der Waals surface area contributed by atoms with Crippen molar-refractivity contribution < 1.29 is 32.2 Å². The zero-order valence-corrected chi connectivity index (χ0v) is 20.0. The summed E-state index contributed by atoms with van der Waals surface area (Å²) in [5, 5.41) is 13.5. The number of aryl methyl sites for hydroxylation is 1. The minimum atomic E-state index is -4.04. The Hall–Kier alpha value is -3.75. The smallest absolute Gasteiger partial charge is 0.264 e. The van der Waals surface area contributed by atoms with Gasteiger partial charge in [0.15, 0.2) is 0 Å². The number of hydrogen-bond acceptors (Lipinski definition) is 5. The number of para-hydroxylation sites is 1. The van der Waals surface area contributed by atoms with E-state index in [1.165, 1.54) is 0 Å². The Kier molecular flexibility index (Phi) is 7.14. The van der Waals surface area contributed by atoms with Crippen LogP contribution in [0.3, 0.4) is 0 Å². The molecule has 0 spiro atoms. The second-order valence-corrected chi connectivity index (χ2v) is 9.82. The molecule has 0 atom stereocenters. The molecule has 0 fully saturated rings. The first-order chi connectivity index (χ1) is 16.7. The summed E-state index contributed by atoms with van der Waals surface area (Å²) in [5.74, 6) is -0.854. The number of pyridine rings is 1. The fourth-order valence-corrected chi connectivity index (χ4v) is 4.71. The molecule has 3 aromatic carbocycles. The third-order valence-corrected chi connectivity index (χ3v) is 6.64. The lowest BCUT2D eigenvalue weighted by atomic mass is 10.0. The molecule has 35 heavy (non-hydrogen) atoms. The minimum absolute atomic E-state index is 0.0781. The molecule has 180 valence electrons. The van der Waals surface area contributed by atoms with E-state index in [0.29, 0.717) is 29.4 Å². The average molecular weight is 492 g/mol. The molecular weight excluding hydrogens is 466 g/mol. The maximum absolute atomic E-state index is 12.1. The van der Waals surface area contributed by atoms with Crippen LogP contribution in [0, 0.1) is 0 Å². The number of ether oxygens (including phenoxy) is 1. The van der Waals surface area contributed by atoms with Crippen LogP contribution in [-0.2, 0) is 16.7 Å². The Morgan fingerprint density at radius 2 is 1.69 bits per heavy atom. The second-order valence-electron chi connectivity index (χ2n) is 8.24. The molecule has 0 radical (unpaired) electrons. The first-order valence-electron chi connectivity index (χ1n) is 11.1. The van der Waals surface area contributed by atoms with E-state index in [4.69, 9.17) is 9.29 Å². The molecule has 4 rings (SSSR count). The van der Waals surface area contributed by atoms with Gasteiger partial charge in [0.05, 0.1) is 24.2 Å². The molecule has 0 unspecified atom stereocenters. The Balaban J connectivity index is 1.81. The Bertz CT molecular complexity index is 1530. The largest absolute Gasteiger partial charge is 0.545 e. The number of nitrogens with zero attached hydrogens (tertiary/aromatic N) is 1. The van der Waals surface area contributed by atoms with Crippen LogP contribution in [0.5, 0.6) is 5.75 Å². The zero-order chi connectivity index (χ0) is 25.0. The monoisotopic (exact) mass is 491 g/mol. The first kappa shape index (κ1) is 24.4. The molecule has 0 aliphatic rings. The highest BCUT2D eigenvalue weighted by Gasteiger charge is 2.19. The van der Waals surface area contributed by atoms with Crippen LogP contribution in [0.2, 0.25) is 0 Å². The lowest BCUT2D eigenvalue weighted by Crippen LogP contribution is -2.36. The lowest BCUT2D eigenvalue weighted by molar-refractivity contribution is -0.645. The van der Waals surface area contributed by atoms with Gasteiger partial charge in [-0.2, -0.15) is 13.0 Å². The fraction of sp³-hybridized carbons (Fsp3) is 0.185. The van der Waals surface area contributed by atoms with E-state index in [1.807, 2.05) is 77.4 Å². The predicted molar refractivity (Wildman–Crippen MR) is 134 cm³/mol. The van der Waals surface area contributed by atoms with E-state index < -0.39 is 16.1 Å². The number of aromatic carboxylic acids is 1. The van der Waals surface area contributed by atoms with Crippen molar-refractivity contribution in [2.45, 2.75) is 19.4 Å². The van der Waals surface area contributed by atoms with Gasteiger partial charge in [-0.1, -0.05) is 36.4 Å². The molecule has 0 aliphatic carbocycles. The van der Waals surface area contributed by atoms with Crippen LogP contribution in [0.25, 0.3) is 34.0 Å². The van der Waals surface area contributed by atoms with Gasteiger partial charge in [-0.3, -0.25) is 4.55 Å². The standard InChI is InChI=1S/C27H25NO6S/c1-34-22-12-10-19(11-13-22)8-9-20-16-24(27(29)30)23-18-21-6-2-3-7-25(21)28(26(23)17-20)14-4-5-15-35(31,32)33/h2-3,6-13,16-18H,4-5,14-15H2,1H3,(H-,29,30,31,32,33). The molecule has 0 amide bonds. The number of carbonyl (C=O) groups is 1. The van der Waals surface area contributed by atoms with E-state index in [-0.39, 0.29) is 17.7 Å². The van der Waals surface area contributed by atoms with E-state index in [0.717, 1.165) is 22.2 Å². The predicted octanol–water partition coefficient (Wildman–Crippen LogP) is 3.49. The van der Waals surface area contributed by atoms with Gasteiger partial charge in [0.2, 0.25) is 11.0 Å². The summed E-state index contributed by atoms with van der Waals surface area (Å²) < 4.78 is 38.5. The third kappa shape index (κ3) is 5.85. The highest BCUT2D eigenvalue weighted by molar-refractivity contribution is 7.85. The van der Waals surface area contributed by atoms with Gasteiger partial charge in [-0.05, 0) is 47.9 Å². The van der Waals surface area contributed by atoms with E-state index in [2.05, 4.69) is 0 Å². The number of methoxy groups -OCH3 is 1. The maximum Gasteiger partial charge on any atom is 0.264 e. The van der Waals surface area contributed by atoms with Crippen molar-refractivity contribution in [1.82, 2.24) is 0 Å². The molecule has 1 heterocycles. The fourth-order valence-electron chi connectivity index (χ4n) is 4.14. The molecule has 8 heteroatoms. The molecular formula is C27H25NO6S. The lowest BCUT2D eigenvalue weighted by Gasteiger charge is -2.12. The number of hydrogen-bond donors (Lipinski definition) is 1. The summed E-state index contributed by atoms with van der Waals surface area (Å²) in [5.41, 5.74) is 3.29. The summed E-state index contributed by atoms with van der Waals surface area (Å²) >= 11 is 0. The van der Waals surface area contributed by atoms with Gasteiger partial charge in [0.1, 0.15) is 12.3 Å². The normalized spacial score (nSPS) is 11.9. The summed E-state index contributed by atoms with van der Waals surface area (Å²) in [6.45, 7) is 0.450. The summed E-state index contributed by atoms with van der Waals surface area (Å²) in [7, 11) is -2.44. The summed E-state index contributed by atoms with van der Waals surface area (Å²) in [6.07, 6.45) is 4.49. The van der Waals surface area contributed by atoms with Crippen molar-refractivity contribution in [1.29, 1.82) is 0 Å². The minimum Gasteiger partial charge on any atom is -0.545 e. The summed E-state index contributed by atoms with van der Waals surface area (Å²) in [4.78, 5) is 12.1. The van der Waals surface area contributed by atoms with Gasteiger partial charge < -0.3 is 14.6 Å². The number of unbranched alkanes of at least 4 members (excludes halogenated alkanes) is 1.